The van der Waals surface area contributed by atoms with Gasteiger partial charge in [-0.15, -0.1) is 11.3 Å². The number of carbonyl (C=O) groups excluding carboxylic acids is 3. The van der Waals surface area contributed by atoms with Crippen molar-refractivity contribution in [3.05, 3.63) is 71.3 Å². The van der Waals surface area contributed by atoms with Crippen LogP contribution in [0, 0.1) is 6.92 Å². The molecule has 0 fully saturated rings. The fourth-order valence-electron chi connectivity index (χ4n) is 3.28. The zero-order valence-electron chi connectivity index (χ0n) is 19.1. The SMILES string of the molecule is CCOC(=O)c1c(NC(=O)COC(=O)c2ccccc2[S@](=O)CC)sc(-c2ccccc2)c1C. The first kappa shape index (κ1) is 25.3. The van der Waals surface area contributed by atoms with E-state index >= 15 is 0 Å². The van der Waals surface area contributed by atoms with Crippen molar-refractivity contribution in [3.63, 3.8) is 0 Å². The lowest BCUT2D eigenvalue weighted by atomic mass is 10.1. The number of hydrogen-bond acceptors (Lipinski definition) is 7. The van der Waals surface area contributed by atoms with Gasteiger partial charge < -0.3 is 14.8 Å². The van der Waals surface area contributed by atoms with Crippen molar-refractivity contribution in [2.45, 2.75) is 25.7 Å². The average molecular weight is 500 g/mol. The topological polar surface area (TPSA) is 98.8 Å². The van der Waals surface area contributed by atoms with Crippen molar-refractivity contribution in [1.82, 2.24) is 0 Å². The van der Waals surface area contributed by atoms with Gasteiger partial charge in [-0.05, 0) is 37.1 Å². The minimum absolute atomic E-state index is 0.154. The normalized spacial score (nSPS) is 11.5. The zero-order valence-corrected chi connectivity index (χ0v) is 20.7. The summed E-state index contributed by atoms with van der Waals surface area (Å²) >= 11 is 1.25. The Morgan fingerprint density at radius 2 is 1.62 bits per heavy atom. The van der Waals surface area contributed by atoms with Crippen LogP contribution in [0.15, 0.2) is 59.5 Å². The average Bonchev–Trinajstić information content (AvgIpc) is 3.18. The predicted molar refractivity (Wildman–Crippen MR) is 133 cm³/mol. The lowest BCUT2D eigenvalue weighted by Crippen LogP contribution is -2.22. The molecule has 0 unspecified atom stereocenters. The van der Waals surface area contributed by atoms with Crippen LogP contribution in [0.25, 0.3) is 10.4 Å². The molecule has 2 aromatic carbocycles. The van der Waals surface area contributed by atoms with E-state index < -0.39 is 35.3 Å². The maximum absolute atomic E-state index is 12.6. The van der Waals surface area contributed by atoms with Gasteiger partial charge in [-0.2, -0.15) is 0 Å². The largest absolute Gasteiger partial charge is 0.462 e. The Morgan fingerprint density at radius 3 is 2.29 bits per heavy atom. The lowest BCUT2D eigenvalue weighted by molar-refractivity contribution is -0.119. The maximum atomic E-state index is 12.6. The van der Waals surface area contributed by atoms with Gasteiger partial charge >= 0.3 is 11.9 Å². The van der Waals surface area contributed by atoms with E-state index in [4.69, 9.17) is 9.47 Å². The Balaban J connectivity index is 1.79. The summed E-state index contributed by atoms with van der Waals surface area (Å²) in [6.45, 7) is 4.88. The van der Waals surface area contributed by atoms with Crippen LogP contribution in [0.5, 0.6) is 0 Å². The molecule has 3 aromatic rings. The Bertz CT molecular complexity index is 1220. The second-order valence-electron chi connectivity index (χ2n) is 7.10. The second-order valence-corrected chi connectivity index (χ2v) is 9.83. The molecular weight excluding hydrogens is 474 g/mol. The van der Waals surface area contributed by atoms with Crippen LogP contribution in [-0.4, -0.2) is 41.0 Å². The molecule has 9 heteroatoms. The van der Waals surface area contributed by atoms with E-state index in [0.29, 0.717) is 21.2 Å². The molecule has 1 N–H and O–H groups in total. The van der Waals surface area contributed by atoms with Crippen molar-refractivity contribution < 1.29 is 28.1 Å². The van der Waals surface area contributed by atoms with Crippen molar-refractivity contribution in [2.24, 2.45) is 0 Å². The summed E-state index contributed by atoms with van der Waals surface area (Å²) < 4.78 is 22.6. The molecular formula is C25H25NO6S2. The van der Waals surface area contributed by atoms with Gasteiger partial charge in [0.1, 0.15) is 5.00 Å². The molecule has 1 atom stereocenters. The third-order valence-corrected chi connectivity index (χ3v) is 7.49. The molecule has 0 bridgehead atoms. The third kappa shape index (κ3) is 5.78. The number of ether oxygens (including phenoxy) is 2. The minimum atomic E-state index is -1.35. The molecule has 0 radical (unpaired) electrons. The molecule has 7 nitrogen and oxygen atoms in total. The van der Waals surface area contributed by atoms with Crippen LogP contribution in [0.4, 0.5) is 5.00 Å². The Hall–Kier alpha value is -3.30. The molecule has 178 valence electrons. The first-order valence-corrected chi connectivity index (χ1v) is 12.8. The van der Waals surface area contributed by atoms with Crippen LogP contribution in [0.1, 0.15) is 40.1 Å². The van der Waals surface area contributed by atoms with Gasteiger partial charge in [-0.3, -0.25) is 9.00 Å². The summed E-state index contributed by atoms with van der Waals surface area (Å²) in [5, 5.41) is 3.00. The van der Waals surface area contributed by atoms with Gasteiger partial charge in [0.05, 0.1) is 33.4 Å². The van der Waals surface area contributed by atoms with Gasteiger partial charge in [0, 0.05) is 10.6 Å². The van der Waals surface area contributed by atoms with Crippen LogP contribution in [-0.2, 0) is 25.1 Å². The number of benzene rings is 2. The number of amides is 1. The Morgan fingerprint density at radius 1 is 0.941 bits per heavy atom. The number of carbonyl (C=O) groups is 3. The van der Waals surface area contributed by atoms with Gasteiger partial charge in [-0.25, -0.2) is 9.59 Å². The van der Waals surface area contributed by atoms with Crippen molar-refractivity contribution in [2.75, 3.05) is 24.3 Å². The van der Waals surface area contributed by atoms with Crippen LogP contribution in [0.3, 0.4) is 0 Å². The summed E-state index contributed by atoms with van der Waals surface area (Å²) in [6, 6.07) is 15.9. The summed E-state index contributed by atoms with van der Waals surface area (Å²) in [6.07, 6.45) is 0. The highest BCUT2D eigenvalue weighted by Gasteiger charge is 2.25. The van der Waals surface area contributed by atoms with Crippen LogP contribution >= 0.6 is 11.3 Å². The highest BCUT2D eigenvalue weighted by molar-refractivity contribution is 7.85. The lowest BCUT2D eigenvalue weighted by Gasteiger charge is -2.09. The number of hydrogen-bond donors (Lipinski definition) is 1. The van der Waals surface area contributed by atoms with E-state index in [2.05, 4.69) is 5.32 Å². The molecule has 34 heavy (non-hydrogen) atoms. The maximum Gasteiger partial charge on any atom is 0.341 e. The van der Waals surface area contributed by atoms with E-state index in [0.717, 1.165) is 10.4 Å². The molecule has 3 rings (SSSR count). The fourth-order valence-corrected chi connectivity index (χ4v) is 5.43. The van der Waals surface area contributed by atoms with Crippen LogP contribution < -0.4 is 5.32 Å². The van der Waals surface area contributed by atoms with Gasteiger partial charge in [0.2, 0.25) is 0 Å². The van der Waals surface area contributed by atoms with E-state index in [1.807, 2.05) is 30.3 Å². The Kier molecular flexibility index (Phi) is 8.72. The second kappa shape index (κ2) is 11.7. The number of rotatable bonds is 9. The molecule has 0 aliphatic heterocycles. The Labute approximate surface area is 204 Å². The molecule has 1 amide bonds. The molecule has 0 spiro atoms. The van der Waals surface area contributed by atoms with Crippen molar-refractivity contribution in [1.29, 1.82) is 0 Å². The van der Waals surface area contributed by atoms with Crippen molar-refractivity contribution in [3.8, 4) is 10.4 Å². The zero-order chi connectivity index (χ0) is 24.7. The molecule has 0 saturated heterocycles. The first-order valence-electron chi connectivity index (χ1n) is 10.7. The van der Waals surface area contributed by atoms with E-state index in [1.54, 1.807) is 39.0 Å². The molecule has 0 saturated carbocycles. The first-order chi connectivity index (χ1) is 16.4. The smallest absolute Gasteiger partial charge is 0.341 e. The molecule has 1 heterocycles. The number of thiophene rings is 1. The summed E-state index contributed by atoms with van der Waals surface area (Å²) in [7, 11) is -1.35. The summed E-state index contributed by atoms with van der Waals surface area (Å²) in [5.74, 6) is -1.54. The summed E-state index contributed by atoms with van der Waals surface area (Å²) in [5.41, 5.74) is 2.02. The van der Waals surface area contributed by atoms with E-state index in [-0.39, 0.29) is 17.7 Å². The fraction of sp³-hybridized carbons (Fsp3) is 0.240. The molecule has 1 aromatic heterocycles. The summed E-state index contributed by atoms with van der Waals surface area (Å²) in [4.78, 5) is 39.0. The standard InChI is InChI=1S/C25H25NO6S2/c1-4-31-25(29)21-16(3)22(17-11-7-6-8-12-17)33-23(21)26-20(27)15-32-24(28)18-13-9-10-14-19(18)34(30)5-2/h6-14H,4-5,15H2,1-3H3,(H,26,27)/t34-/m1/s1. The monoisotopic (exact) mass is 499 g/mol. The number of esters is 2. The third-order valence-electron chi connectivity index (χ3n) is 4.86. The highest BCUT2D eigenvalue weighted by Crippen LogP contribution is 2.40. The molecule has 0 aliphatic carbocycles. The van der Waals surface area contributed by atoms with Crippen LogP contribution in [0.2, 0.25) is 0 Å². The molecule has 0 aliphatic rings. The van der Waals surface area contributed by atoms with E-state index in [9.17, 15) is 18.6 Å². The van der Waals surface area contributed by atoms with Gasteiger partial charge in [0.25, 0.3) is 5.91 Å². The quantitative estimate of drug-likeness (QED) is 0.424. The van der Waals surface area contributed by atoms with Gasteiger partial charge in [-0.1, -0.05) is 49.4 Å². The minimum Gasteiger partial charge on any atom is -0.462 e. The number of anilines is 1. The number of nitrogens with one attached hydrogen (secondary N) is 1. The van der Waals surface area contributed by atoms with Crippen molar-refractivity contribution >= 4 is 45.0 Å². The van der Waals surface area contributed by atoms with E-state index in [1.165, 1.54) is 17.4 Å². The predicted octanol–water partition coefficient (Wildman–Crippen LogP) is 4.82. The van der Waals surface area contributed by atoms with Gasteiger partial charge in [0.15, 0.2) is 6.61 Å². The highest BCUT2D eigenvalue weighted by atomic mass is 32.2.